The minimum absolute atomic E-state index is 0.235. The van der Waals surface area contributed by atoms with Gasteiger partial charge in [0, 0.05) is 6.54 Å². The lowest BCUT2D eigenvalue weighted by atomic mass is 10.1. The largest absolute Gasteiger partial charge is 0.444 e. The summed E-state index contributed by atoms with van der Waals surface area (Å²) in [5.74, 6) is -1.72. The maximum absolute atomic E-state index is 13.3. The fourth-order valence-corrected chi connectivity index (χ4v) is 1.49. The highest BCUT2D eigenvalue weighted by Gasteiger charge is 2.15. The van der Waals surface area contributed by atoms with E-state index in [1.165, 1.54) is 13.0 Å². The summed E-state index contributed by atoms with van der Waals surface area (Å²) < 4.78 is 31.3. The van der Waals surface area contributed by atoms with Crippen molar-refractivity contribution >= 4 is 12.2 Å². The van der Waals surface area contributed by atoms with E-state index in [2.05, 4.69) is 5.32 Å². The maximum Gasteiger partial charge on any atom is 0.407 e. The number of nitrogens with one attached hydrogen (secondary N) is 1. The molecule has 0 unspecified atom stereocenters. The predicted molar refractivity (Wildman–Crippen MR) is 74.4 cm³/mol. The van der Waals surface area contributed by atoms with E-state index in [9.17, 15) is 13.6 Å². The first-order valence-electron chi connectivity index (χ1n) is 6.28. The molecule has 1 aromatic carbocycles. The average molecular weight is 283 g/mol. The molecule has 0 heterocycles. The molecule has 3 nitrogen and oxygen atoms in total. The monoisotopic (exact) mass is 283 g/mol. The van der Waals surface area contributed by atoms with Crippen LogP contribution in [-0.2, 0) is 4.74 Å². The van der Waals surface area contributed by atoms with Crippen molar-refractivity contribution in [1.29, 1.82) is 0 Å². The van der Waals surface area contributed by atoms with Crippen molar-refractivity contribution in [2.45, 2.75) is 33.3 Å². The highest BCUT2D eigenvalue weighted by molar-refractivity contribution is 5.68. The van der Waals surface area contributed by atoms with Crippen LogP contribution in [0.2, 0.25) is 0 Å². The van der Waals surface area contributed by atoms with Crippen molar-refractivity contribution in [3.05, 3.63) is 41.0 Å². The smallest absolute Gasteiger partial charge is 0.407 e. The number of hydrogen-bond donors (Lipinski definition) is 1. The van der Waals surface area contributed by atoms with Crippen LogP contribution in [0.25, 0.3) is 6.08 Å². The van der Waals surface area contributed by atoms with Crippen LogP contribution in [0.5, 0.6) is 0 Å². The molecule has 0 saturated carbocycles. The number of alkyl carbamates (subject to hydrolysis) is 1. The lowest BCUT2D eigenvalue weighted by Gasteiger charge is -2.19. The van der Waals surface area contributed by atoms with Gasteiger partial charge in [0.15, 0.2) is 11.6 Å². The molecule has 1 rings (SSSR count). The lowest BCUT2D eigenvalue weighted by Crippen LogP contribution is -2.32. The Balaban J connectivity index is 2.54. The number of carbonyl (C=O) groups is 1. The van der Waals surface area contributed by atoms with Crippen LogP contribution in [0.3, 0.4) is 0 Å². The van der Waals surface area contributed by atoms with Crippen molar-refractivity contribution in [2.75, 3.05) is 6.54 Å². The minimum Gasteiger partial charge on any atom is -0.444 e. The van der Waals surface area contributed by atoms with Gasteiger partial charge >= 0.3 is 6.09 Å². The van der Waals surface area contributed by atoms with Crippen molar-refractivity contribution in [3.8, 4) is 0 Å². The molecule has 20 heavy (non-hydrogen) atoms. The summed E-state index contributed by atoms with van der Waals surface area (Å²) in [6.45, 7) is 7.06. The molecule has 1 N–H and O–H groups in total. The molecule has 0 aliphatic heterocycles. The molecular formula is C15H19F2NO2. The van der Waals surface area contributed by atoms with E-state index in [1.807, 2.05) is 0 Å². The summed E-state index contributed by atoms with van der Waals surface area (Å²) in [5.41, 5.74) is 0.248. The van der Waals surface area contributed by atoms with Gasteiger partial charge in [-0.1, -0.05) is 18.2 Å². The van der Waals surface area contributed by atoms with Crippen molar-refractivity contribution < 1.29 is 18.3 Å². The zero-order valence-electron chi connectivity index (χ0n) is 12.1. The molecule has 0 aliphatic rings. The van der Waals surface area contributed by atoms with Crippen LogP contribution in [0.4, 0.5) is 13.6 Å². The third kappa shape index (κ3) is 4.99. The van der Waals surface area contributed by atoms with Crippen LogP contribution in [0, 0.1) is 18.6 Å². The van der Waals surface area contributed by atoms with Gasteiger partial charge in [-0.15, -0.1) is 0 Å². The topological polar surface area (TPSA) is 38.3 Å². The van der Waals surface area contributed by atoms with E-state index in [0.29, 0.717) is 5.56 Å². The minimum atomic E-state index is -0.869. The average Bonchev–Trinajstić information content (AvgIpc) is 2.32. The summed E-state index contributed by atoms with van der Waals surface area (Å²) in [7, 11) is 0. The maximum atomic E-state index is 13.3. The van der Waals surface area contributed by atoms with Gasteiger partial charge in [0.05, 0.1) is 0 Å². The molecule has 0 aliphatic carbocycles. The fraction of sp³-hybridized carbons (Fsp3) is 0.400. The summed E-state index contributed by atoms with van der Waals surface area (Å²) in [5, 5.41) is 2.54. The van der Waals surface area contributed by atoms with Gasteiger partial charge in [-0.25, -0.2) is 13.6 Å². The second-order valence-corrected chi connectivity index (χ2v) is 5.36. The number of amides is 1. The van der Waals surface area contributed by atoms with Crippen LogP contribution < -0.4 is 5.32 Å². The number of hydrogen-bond acceptors (Lipinski definition) is 2. The fourth-order valence-electron chi connectivity index (χ4n) is 1.49. The highest BCUT2D eigenvalue weighted by atomic mass is 19.2. The Bertz CT molecular complexity index is 519. The first-order valence-corrected chi connectivity index (χ1v) is 6.28. The van der Waals surface area contributed by atoms with Gasteiger partial charge in [0.2, 0.25) is 0 Å². The van der Waals surface area contributed by atoms with Crippen molar-refractivity contribution in [1.82, 2.24) is 5.32 Å². The number of benzene rings is 1. The van der Waals surface area contributed by atoms with E-state index in [0.717, 1.165) is 6.07 Å². The molecule has 0 aromatic heterocycles. The first-order chi connectivity index (χ1) is 9.20. The van der Waals surface area contributed by atoms with Gasteiger partial charge in [-0.05, 0) is 44.9 Å². The second kappa shape index (κ2) is 6.50. The quantitative estimate of drug-likeness (QED) is 0.916. The Morgan fingerprint density at radius 3 is 2.60 bits per heavy atom. The van der Waals surface area contributed by atoms with E-state index in [4.69, 9.17) is 4.74 Å². The molecule has 0 fully saturated rings. The first kappa shape index (κ1) is 16.1. The van der Waals surface area contributed by atoms with Crippen LogP contribution in [-0.4, -0.2) is 18.2 Å². The summed E-state index contributed by atoms with van der Waals surface area (Å²) in [6.07, 6.45) is 2.74. The van der Waals surface area contributed by atoms with Gasteiger partial charge in [-0.3, -0.25) is 0 Å². The van der Waals surface area contributed by atoms with E-state index < -0.39 is 23.3 Å². The lowest BCUT2D eigenvalue weighted by molar-refractivity contribution is 0.0534. The Labute approximate surface area is 117 Å². The summed E-state index contributed by atoms with van der Waals surface area (Å²) >= 11 is 0. The van der Waals surface area contributed by atoms with E-state index >= 15 is 0 Å². The SMILES string of the molecule is Cc1c(C=CCNC(=O)OC(C)(C)C)ccc(F)c1F. The van der Waals surface area contributed by atoms with Gasteiger partial charge in [-0.2, -0.15) is 0 Å². The Hall–Kier alpha value is -1.91. The van der Waals surface area contributed by atoms with Crippen LogP contribution >= 0.6 is 0 Å². The molecule has 0 atom stereocenters. The molecule has 1 amide bonds. The Kier molecular flexibility index (Phi) is 5.25. The van der Waals surface area contributed by atoms with E-state index in [1.54, 1.807) is 32.9 Å². The third-order valence-electron chi connectivity index (χ3n) is 2.44. The molecule has 5 heteroatoms. The predicted octanol–water partition coefficient (Wildman–Crippen LogP) is 3.81. The molecule has 0 spiro atoms. The Morgan fingerprint density at radius 1 is 1.35 bits per heavy atom. The number of halogens is 2. The number of rotatable bonds is 3. The van der Waals surface area contributed by atoms with Gasteiger partial charge in [0.1, 0.15) is 5.60 Å². The summed E-state index contributed by atoms with van der Waals surface area (Å²) in [6, 6.07) is 2.56. The van der Waals surface area contributed by atoms with Crippen molar-refractivity contribution in [3.63, 3.8) is 0 Å². The molecule has 0 saturated heterocycles. The number of carbonyl (C=O) groups excluding carboxylic acids is 1. The van der Waals surface area contributed by atoms with Gasteiger partial charge < -0.3 is 10.1 Å². The van der Waals surface area contributed by atoms with Crippen molar-refractivity contribution in [2.24, 2.45) is 0 Å². The standard InChI is InChI=1S/C15H19F2NO2/c1-10-11(7-8-12(16)13(10)17)6-5-9-18-14(19)20-15(2,3)4/h5-8H,9H2,1-4H3,(H,18,19). The zero-order valence-corrected chi connectivity index (χ0v) is 12.1. The third-order valence-corrected chi connectivity index (χ3v) is 2.44. The second-order valence-electron chi connectivity index (χ2n) is 5.36. The summed E-state index contributed by atoms with van der Waals surface area (Å²) in [4.78, 5) is 11.4. The molecule has 0 radical (unpaired) electrons. The Morgan fingerprint density at radius 2 is 2.00 bits per heavy atom. The normalized spacial score (nSPS) is 11.7. The van der Waals surface area contributed by atoms with Gasteiger partial charge in [0.25, 0.3) is 0 Å². The number of ether oxygens (including phenoxy) is 1. The van der Waals surface area contributed by atoms with Crippen LogP contribution in [0.15, 0.2) is 18.2 Å². The molecule has 110 valence electrons. The van der Waals surface area contributed by atoms with E-state index in [-0.39, 0.29) is 12.1 Å². The molecule has 0 bridgehead atoms. The zero-order chi connectivity index (χ0) is 15.3. The molecular weight excluding hydrogens is 264 g/mol. The van der Waals surface area contributed by atoms with Crippen LogP contribution in [0.1, 0.15) is 31.9 Å². The highest BCUT2D eigenvalue weighted by Crippen LogP contribution is 2.16. The molecule has 1 aromatic rings.